The zero-order chi connectivity index (χ0) is 8.97. The molecule has 3 N–H and O–H groups in total. The lowest BCUT2D eigenvalue weighted by atomic mass is 10.4. The lowest BCUT2D eigenvalue weighted by Crippen LogP contribution is -2.11. The first kappa shape index (κ1) is 9.61. The average Bonchev–Trinajstić information content (AvgIpc) is 2.03. The van der Waals surface area contributed by atoms with Gasteiger partial charge in [-0.2, -0.15) is 0 Å². The molecule has 0 atom stereocenters. The van der Waals surface area contributed by atoms with E-state index < -0.39 is 0 Å². The molecule has 0 aliphatic rings. The predicted octanol–water partition coefficient (Wildman–Crippen LogP) is 2.48. The molecule has 0 saturated carbocycles. The molecule has 1 rings (SSSR count). The van der Waals surface area contributed by atoms with Gasteiger partial charge in [0.1, 0.15) is 5.84 Å². The van der Waals surface area contributed by atoms with Crippen LogP contribution in [0.25, 0.3) is 0 Å². The highest BCUT2D eigenvalue weighted by Crippen LogP contribution is 2.19. The fourth-order valence-electron chi connectivity index (χ4n) is 0.692. The van der Waals surface area contributed by atoms with Crippen LogP contribution in [0.1, 0.15) is 0 Å². The molecule has 4 heteroatoms. The normalized spacial score (nSPS) is 9.75. The first-order valence-corrected chi connectivity index (χ1v) is 5.17. The summed E-state index contributed by atoms with van der Waals surface area (Å²) in [5, 5.41) is 7.03. The molecule has 0 saturated heterocycles. The molecule has 0 unspecified atom stereocenters. The van der Waals surface area contributed by atoms with Gasteiger partial charge in [-0.05, 0) is 24.3 Å². The maximum Gasteiger partial charge on any atom is 0.101 e. The molecule has 2 nitrogen and oxygen atoms in total. The number of nitrogens with two attached hydrogens (primary N) is 1. The third-order valence-corrected chi connectivity index (χ3v) is 2.80. The highest BCUT2D eigenvalue weighted by atomic mass is 79.9. The Morgan fingerprint density at radius 3 is 2.50 bits per heavy atom. The van der Waals surface area contributed by atoms with E-state index in [-0.39, 0.29) is 5.84 Å². The van der Waals surface area contributed by atoms with Crippen molar-refractivity contribution in [3.8, 4) is 0 Å². The highest BCUT2D eigenvalue weighted by molar-refractivity contribution is 9.10. The molecular weight excluding hydrogens is 236 g/mol. The van der Waals surface area contributed by atoms with Crippen LogP contribution in [0.15, 0.2) is 33.6 Å². The molecule has 0 aliphatic carbocycles. The second-order valence-corrected chi connectivity index (χ2v) is 4.23. The topological polar surface area (TPSA) is 49.9 Å². The Morgan fingerprint density at radius 2 is 2.00 bits per heavy atom. The van der Waals surface area contributed by atoms with E-state index in [4.69, 9.17) is 11.1 Å². The van der Waals surface area contributed by atoms with E-state index >= 15 is 0 Å². The molecule has 0 heterocycles. The number of thioether (sulfide) groups is 1. The number of nitrogens with one attached hydrogen (secondary N) is 1. The Morgan fingerprint density at radius 1 is 1.42 bits per heavy atom. The van der Waals surface area contributed by atoms with Crippen molar-refractivity contribution in [2.75, 3.05) is 5.75 Å². The van der Waals surface area contributed by atoms with Gasteiger partial charge >= 0.3 is 0 Å². The van der Waals surface area contributed by atoms with Crippen LogP contribution in [-0.2, 0) is 0 Å². The van der Waals surface area contributed by atoms with Crippen LogP contribution in [0.3, 0.4) is 0 Å². The first-order valence-electron chi connectivity index (χ1n) is 3.40. The number of benzene rings is 1. The van der Waals surface area contributed by atoms with Gasteiger partial charge in [0.2, 0.25) is 0 Å². The number of halogens is 1. The van der Waals surface area contributed by atoms with E-state index in [0.29, 0.717) is 5.75 Å². The van der Waals surface area contributed by atoms with E-state index in [0.717, 1.165) is 9.37 Å². The number of amidine groups is 1. The van der Waals surface area contributed by atoms with Gasteiger partial charge in [-0.3, -0.25) is 5.41 Å². The smallest absolute Gasteiger partial charge is 0.101 e. The number of rotatable bonds is 3. The van der Waals surface area contributed by atoms with Crippen molar-refractivity contribution >= 4 is 33.5 Å². The predicted molar refractivity (Wildman–Crippen MR) is 56.8 cm³/mol. The second kappa shape index (κ2) is 4.52. The van der Waals surface area contributed by atoms with E-state index in [1.54, 1.807) is 11.8 Å². The van der Waals surface area contributed by atoms with Crippen LogP contribution in [-0.4, -0.2) is 11.6 Å². The molecule has 0 aliphatic heterocycles. The van der Waals surface area contributed by atoms with Gasteiger partial charge in [-0.1, -0.05) is 15.9 Å². The van der Waals surface area contributed by atoms with E-state index in [9.17, 15) is 0 Å². The zero-order valence-corrected chi connectivity index (χ0v) is 8.78. The highest BCUT2D eigenvalue weighted by Gasteiger charge is 1.94. The summed E-state index contributed by atoms with van der Waals surface area (Å²) in [4.78, 5) is 1.13. The van der Waals surface area contributed by atoms with E-state index in [2.05, 4.69) is 15.9 Å². The van der Waals surface area contributed by atoms with Crippen LogP contribution in [0.2, 0.25) is 0 Å². The molecule has 0 aromatic heterocycles. The summed E-state index contributed by atoms with van der Waals surface area (Å²) in [5.41, 5.74) is 5.22. The molecule has 12 heavy (non-hydrogen) atoms. The van der Waals surface area contributed by atoms with Crippen molar-refractivity contribution in [2.45, 2.75) is 4.90 Å². The summed E-state index contributed by atoms with van der Waals surface area (Å²) in [6.07, 6.45) is 0. The van der Waals surface area contributed by atoms with Gasteiger partial charge in [0.25, 0.3) is 0 Å². The second-order valence-electron chi connectivity index (χ2n) is 2.27. The van der Waals surface area contributed by atoms with Gasteiger partial charge in [0.05, 0.1) is 5.75 Å². The minimum atomic E-state index is 0.211. The number of hydrogen-bond donors (Lipinski definition) is 2. The fourth-order valence-corrected chi connectivity index (χ4v) is 1.61. The molecule has 0 fully saturated rings. The third-order valence-electron chi connectivity index (χ3n) is 1.21. The zero-order valence-electron chi connectivity index (χ0n) is 6.38. The van der Waals surface area contributed by atoms with Gasteiger partial charge in [-0.25, -0.2) is 0 Å². The van der Waals surface area contributed by atoms with Gasteiger partial charge in [0.15, 0.2) is 0 Å². The Balaban J connectivity index is 2.53. The van der Waals surface area contributed by atoms with Gasteiger partial charge < -0.3 is 5.73 Å². The van der Waals surface area contributed by atoms with Crippen LogP contribution >= 0.6 is 27.7 Å². The van der Waals surface area contributed by atoms with Crippen molar-refractivity contribution in [3.63, 3.8) is 0 Å². The maximum atomic E-state index is 7.03. The van der Waals surface area contributed by atoms with E-state index in [1.165, 1.54) is 0 Å². The standard InChI is InChI=1S/C8H9BrN2S/c9-6-1-3-7(4-2-6)12-5-8(10)11/h1-4H,5H2,(H3,10,11). The van der Waals surface area contributed by atoms with E-state index in [1.807, 2.05) is 24.3 Å². The largest absolute Gasteiger partial charge is 0.387 e. The van der Waals surface area contributed by atoms with Crippen LogP contribution in [0.4, 0.5) is 0 Å². The molecule has 0 bridgehead atoms. The lowest BCUT2D eigenvalue weighted by Gasteiger charge is -1.99. The van der Waals surface area contributed by atoms with Crippen LogP contribution in [0, 0.1) is 5.41 Å². The van der Waals surface area contributed by atoms with Crippen molar-refractivity contribution in [1.29, 1.82) is 5.41 Å². The summed E-state index contributed by atoms with van der Waals surface area (Å²) in [5.74, 6) is 0.768. The average molecular weight is 245 g/mol. The Bertz CT molecular complexity index is 271. The fraction of sp³-hybridized carbons (Fsp3) is 0.125. The summed E-state index contributed by atoms with van der Waals surface area (Å²) in [7, 11) is 0. The monoisotopic (exact) mass is 244 g/mol. The quantitative estimate of drug-likeness (QED) is 0.488. The van der Waals surface area contributed by atoms with Crippen molar-refractivity contribution in [3.05, 3.63) is 28.7 Å². The summed E-state index contributed by atoms with van der Waals surface area (Å²) in [6, 6.07) is 7.94. The molecule has 0 radical (unpaired) electrons. The van der Waals surface area contributed by atoms with Crippen LogP contribution < -0.4 is 5.73 Å². The Kier molecular flexibility index (Phi) is 3.62. The molecule has 1 aromatic rings. The van der Waals surface area contributed by atoms with Gasteiger partial charge in [-0.15, -0.1) is 11.8 Å². The first-order chi connectivity index (χ1) is 5.68. The minimum Gasteiger partial charge on any atom is -0.387 e. The number of hydrogen-bond acceptors (Lipinski definition) is 2. The molecular formula is C8H9BrN2S. The Labute approximate surface area is 84.2 Å². The third kappa shape index (κ3) is 3.28. The van der Waals surface area contributed by atoms with Crippen molar-refractivity contribution < 1.29 is 0 Å². The van der Waals surface area contributed by atoms with Crippen molar-refractivity contribution in [2.24, 2.45) is 5.73 Å². The SMILES string of the molecule is N=C(N)CSc1ccc(Br)cc1. The summed E-state index contributed by atoms with van der Waals surface area (Å²) in [6.45, 7) is 0. The van der Waals surface area contributed by atoms with Crippen molar-refractivity contribution in [1.82, 2.24) is 0 Å². The summed E-state index contributed by atoms with van der Waals surface area (Å²) < 4.78 is 1.06. The molecule has 1 aromatic carbocycles. The Hall–Kier alpha value is -0.480. The molecule has 64 valence electrons. The maximum absolute atomic E-state index is 7.03. The minimum absolute atomic E-state index is 0.211. The summed E-state index contributed by atoms with van der Waals surface area (Å²) >= 11 is 4.92. The molecule has 0 spiro atoms. The van der Waals surface area contributed by atoms with Crippen LogP contribution in [0.5, 0.6) is 0 Å². The lowest BCUT2D eigenvalue weighted by molar-refractivity contribution is 1.41. The van der Waals surface area contributed by atoms with Gasteiger partial charge in [0, 0.05) is 9.37 Å². The molecule has 0 amide bonds.